The second kappa shape index (κ2) is 16.0. The Morgan fingerprint density at radius 2 is 1.63 bits per heavy atom. The fourth-order valence-electron chi connectivity index (χ4n) is 6.57. The number of rotatable bonds is 13. The van der Waals surface area contributed by atoms with Crippen LogP contribution in [0.4, 0.5) is 0 Å². The highest BCUT2D eigenvalue weighted by atomic mass is 35.5. The number of fused-ring (bicyclic) bond motifs is 3. The van der Waals surface area contributed by atoms with E-state index in [-0.39, 0.29) is 18.5 Å². The Morgan fingerprint density at radius 3 is 2.31 bits per heavy atom. The fraction of sp³-hybridized carbons (Fsp3) is 0.342. The zero-order valence-electron chi connectivity index (χ0n) is 27.4. The van der Waals surface area contributed by atoms with Crippen LogP contribution in [-0.2, 0) is 27.2 Å². The lowest BCUT2D eigenvalue weighted by Crippen LogP contribution is -2.52. The smallest absolute Gasteiger partial charge is 0.338 e. The van der Waals surface area contributed by atoms with Crippen molar-refractivity contribution in [1.82, 2.24) is 15.2 Å². The number of nitrogens with zero attached hydrogens (tertiary/aromatic N) is 2. The zero-order chi connectivity index (χ0) is 34.3. The van der Waals surface area contributed by atoms with Crippen molar-refractivity contribution >= 4 is 35.1 Å². The predicted octanol–water partition coefficient (Wildman–Crippen LogP) is 7.01. The summed E-state index contributed by atoms with van der Waals surface area (Å²) in [6.07, 6.45) is 4.44. The number of carbonyl (C=O) groups is 2. The van der Waals surface area contributed by atoms with Gasteiger partial charge in [-0.3, -0.25) is 15.2 Å². The third-order valence-electron chi connectivity index (χ3n) is 9.28. The molecule has 3 saturated heterocycles. The monoisotopic (exact) mass is 703 g/mol. The van der Waals surface area contributed by atoms with E-state index >= 15 is 0 Å². The minimum atomic E-state index is -0.768. The molecule has 3 aliphatic rings. The number of carbonyl (C=O) groups excluding carboxylic acids is 2. The molecule has 3 aromatic carbocycles. The number of nitrogens with one attached hydrogen (secondary N) is 1. The van der Waals surface area contributed by atoms with Gasteiger partial charge in [-0.2, -0.15) is 0 Å². The first-order valence-corrected chi connectivity index (χ1v) is 17.1. The summed E-state index contributed by atoms with van der Waals surface area (Å²) in [6.45, 7) is 3.24. The summed E-state index contributed by atoms with van der Waals surface area (Å²) >= 11 is 12.9. The van der Waals surface area contributed by atoms with Gasteiger partial charge in [0, 0.05) is 31.9 Å². The van der Waals surface area contributed by atoms with Gasteiger partial charge >= 0.3 is 11.9 Å². The summed E-state index contributed by atoms with van der Waals surface area (Å²) in [4.78, 5) is 33.7. The van der Waals surface area contributed by atoms with E-state index in [2.05, 4.69) is 15.2 Å². The van der Waals surface area contributed by atoms with Crippen molar-refractivity contribution in [2.24, 2.45) is 5.92 Å². The molecule has 0 spiro atoms. The highest BCUT2D eigenvalue weighted by Gasteiger charge is 2.38. The van der Waals surface area contributed by atoms with Gasteiger partial charge in [0.25, 0.3) is 0 Å². The molecule has 1 N–H and O–H groups in total. The van der Waals surface area contributed by atoms with Gasteiger partial charge in [0.15, 0.2) is 11.5 Å². The number of pyridine rings is 1. The molecule has 0 aliphatic carbocycles. The van der Waals surface area contributed by atoms with Crippen LogP contribution < -0.4 is 14.8 Å². The molecule has 11 heteroatoms. The minimum absolute atomic E-state index is 0.100. The van der Waals surface area contributed by atoms with Crippen LogP contribution in [0.3, 0.4) is 0 Å². The Bertz CT molecular complexity index is 1750. The molecule has 2 unspecified atom stereocenters. The van der Waals surface area contributed by atoms with E-state index < -0.39 is 18.1 Å². The minimum Gasteiger partial charge on any atom is -0.493 e. The molecule has 0 saturated carbocycles. The average molecular weight is 705 g/mol. The molecule has 1 aromatic heterocycles. The molecule has 9 nitrogen and oxygen atoms in total. The Labute approximate surface area is 296 Å². The number of hydrogen-bond acceptors (Lipinski definition) is 9. The van der Waals surface area contributed by atoms with Gasteiger partial charge in [-0.1, -0.05) is 71.7 Å². The van der Waals surface area contributed by atoms with Crippen LogP contribution in [-0.4, -0.2) is 61.8 Å². The van der Waals surface area contributed by atoms with E-state index in [4.69, 9.17) is 42.1 Å². The first-order chi connectivity index (χ1) is 23.8. The maximum absolute atomic E-state index is 13.7. The molecule has 7 rings (SSSR count). The topological polar surface area (TPSA) is 99.2 Å². The quantitative estimate of drug-likeness (QED) is 0.147. The molecule has 3 fully saturated rings. The van der Waals surface area contributed by atoms with Crippen molar-refractivity contribution in [2.75, 3.05) is 33.9 Å². The van der Waals surface area contributed by atoms with Crippen molar-refractivity contribution in [3.63, 3.8) is 0 Å². The van der Waals surface area contributed by atoms with Crippen molar-refractivity contribution in [1.29, 1.82) is 0 Å². The van der Waals surface area contributed by atoms with Gasteiger partial charge in [0.05, 0.1) is 29.8 Å². The van der Waals surface area contributed by atoms with Crippen LogP contribution in [0.2, 0.25) is 10.0 Å². The summed E-state index contributed by atoms with van der Waals surface area (Å²) in [5.74, 6) is 0.594. The van der Waals surface area contributed by atoms with Gasteiger partial charge in [0.1, 0.15) is 18.2 Å². The molecule has 4 heterocycles. The zero-order valence-corrected chi connectivity index (χ0v) is 29.0. The molecular weight excluding hydrogens is 665 g/mol. The van der Waals surface area contributed by atoms with Gasteiger partial charge in [-0.05, 0) is 78.4 Å². The maximum Gasteiger partial charge on any atom is 0.338 e. The predicted molar refractivity (Wildman–Crippen MR) is 187 cm³/mol. The molecule has 0 radical (unpaired) electrons. The second-order valence-electron chi connectivity index (χ2n) is 12.3. The van der Waals surface area contributed by atoms with E-state index in [9.17, 15) is 9.59 Å². The Balaban J connectivity index is 1.19. The van der Waals surface area contributed by atoms with E-state index in [1.54, 1.807) is 50.6 Å². The lowest BCUT2D eigenvalue weighted by molar-refractivity contribution is -0.161. The molecule has 256 valence electrons. The van der Waals surface area contributed by atoms with Crippen LogP contribution in [0.15, 0.2) is 85.2 Å². The fourth-order valence-corrected chi connectivity index (χ4v) is 7.09. The van der Waals surface area contributed by atoms with Crippen molar-refractivity contribution in [2.45, 2.75) is 44.1 Å². The summed E-state index contributed by atoms with van der Waals surface area (Å²) < 4.78 is 23.2. The Kier molecular flexibility index (Phi) is 11.4. The molecule has 3 aliphatic heterocycles. The average Bonchev–Trinajstić information content (AvgIpc) is 3.13. The standard InChI is InChI=1S/C38H39Cl2N3O6/c1-46-32-12-11-27(18-34(32)47-2)33(19-29-30(39)21-41-22-31(29)40)48-37(44)28-10-6-7-24(17-28)20-42-36(26-8-4-3-5-9-26)38(45)49-35-23-43-15-13-25(35)14-16-43/h3-12,17-18,21-22,25,33,35-36,42H,13-16,19-20,23H2,1-2H3/t33-,35?,36?/m0/s1. The number of halogens is 2. The van der Waals surface area contributed by atoms with Gasteiger partial charge < -0.3 is 18.9 Å². The van der Waals surface area contributed by atoms with Crippen molar-refractivity contribution < 1.29 is 28.5 Å². The van der Waals surface area contributed by atoms with Gasteiger partial charge in [-0.25, -0.2) is 9.59 Å². The van der Waals surface area contributed by atoms with Gasteiger partial charge in [0.2, 0.25) is 0 Å². The summed E-state index contributed by atoms with van der Waals surface area (Å²) in [6, 6.07) is 21.4. The normalized spacial score (nSPS) is 19.5. The first-order valence-electron chi connectivity index (χ1n) is 16.3. The summed E-state index contributed by atoms with van der Waals surface area (Å²) in [7, 11) is 3.09. The largest absolute Gasteiger partial charge is 0.493 e. The molecule has 49 heavy (non-hydrogen) atoms. The molecular formula is C38H39Cl2N3O6. The van der Waals surface area contributed by atoms with Crippen LogP contribution >= 0.6 is 23.2 Å². The van der Waals surface area contributed by atoms with Crippen LogP contribution in [0.25, 0.3) is 0 Å². The lowest BCUT2D eigenvalue weighted by Gasteiger charge is -2.44. The first kappa shape index (κ1) is 34.7. The van der Waals surface area contributed by atoms with Crippen LogP contribution in [0.1, 0.15) is 57.6 Å². The number of esters is 2. The van der Waals surface area contributed by atoms with E-state index in [1.807, 2.05) is 36.4 Å². The molecule has 4 aromatic rings. The number of hydrogen-bond donors (Lipinski definition) is 1. The highest BCUT2D eigenvalue weighted by molar-refractivity contribution is 6.35. The SMILES string of the molecule is COc1ccc([C@H](Cc2c(Cl)cncc2Cl)OC(=O)c2cccc(CNC(C(=O)OC3CN4CCC3CC4)c3ccccc3)c2)cc1OC. The summed E-state index contributed by atoms with van der Waals surface area (Å²) in [5, 5.41) is 4.11. The number of ether oxygens (including phenoxy) is 4. The lowest BCUT2D eigenvalue weighted by atomic mass is 9.86. The highest BCUT2D eigenvalue weighted by Crippen LogP contribution is 2.36. The number of benzene rings is 3. The Hall–Kier alpha value is -4.15. The van der Waals surface area contributed by atoms with E-state index in [0.29, 0.717) is 50.7 Å². The number of piperidine rings is 3. The molecule has 3 atom stereocenters. The van der Waals surface area contributed by atoms with E-state index in [0.717, 1.165) is 43.6 Å². The number of aromatic nitrogens is 1. The van der Waals surface area contributed by atoms with Gasteiger partial charge in [-0.15, -0.1) is 0 Å². The van der Waals surface area contributed by atoms with Crippen LogP contribution in [0, 0.1) is 5.92 Å². The van der Waals surface area contributed by atoms with Crippen molar-refractivity contribution in [3.05, 3.63) is 123 Å². The Morgan fingerprint density at radius 1 is 0.898 bits per heavy atom. The summed E-state index contributed by atoms with van der Waals surface area (Å²) in [5.41, 5.74) is 3.23. The third kappa shape index (κ3) is 8.36. The molecule has 0 amide bonds. The van der Waals surface area contributed by atoms with Crippen LogP contribution in [0.5, 0.6) is 11.5 Å². The van der Waals surface area contributed by atoms with Crippen molar-refractivity contribution in [3.8, 4) is 11.5 Å². The number of methoxy groups -OCH3 is 2. The van der Waals surface area contributed by atoms with E-state index in [1.165, 1.54) is 12.4 Å². The second-order valence-corrected chi connectivity index (χ2v) is 13.1. The third-order valence-corrected chi connectivity index (χ3v) is 9.93. The molecule has 2 bridgehead atoms. The maximum atomic E-state index is 13.7.